The highest BCUT2D eigenvalue weighted by atomic mass is 16.2. The van der Waals surface area contributed by atoms with Gasteiger partial charge >= 0.3 is 0 Å². The molecule has 0 fully saturated rings. The molecule has 2 aliphatic rings. The van der Waals surface area contributed by atoms with Crippen LogP contribution < -0.4 is 0 Å². The fourth-order valence-corrected chi connectivity index (χ4v) is 1.11. The molecule has 0 aliphatic carbocycles. The summed E-state index contributed by atoms with van der Waals surface area (Å²) in [5.41, 5.74) is 0.346. The van der Waals surface area contributed by atoms with Crippen molar-refractivity contribution in [2.45, 2.75) is 0 Å². The third-order valence-electron chi connectivity index (χ3n) is 1.81. The monoisotopic (exact) mass is 173 g/mol. The van der Waals surface area contributed by atoms with E-state index in [4.69, 9.17) is 0 Å². The summed E-state index contributed by atoms with van der Waals surface area (Å²) in [5.74, 6) is 1.66. The summed E-state index contributed by atoms with van der Waals surface area (Å²) < 4.78 is 0. The second-order valence-electron chi connectivity index (χ2n) is 2.58. The lowest BCUT2D eigenvalue weighted by Crippen LogP contribution is -2.28. The first-order chi connectivity index (χ1) is 6.22. The first-order valence-corrected chi connectivity index (χ1v) is 3.59. The van der Waals surface area contributed by atoms with Crippen molar-refractivity contribution in [3.05, 3.63) is 17.5 Å². The van der Waals surface area contributed by atoms with Crippen LogP contribution in [0.15, 0.2) is 27.5 Å². The van der Waals surface area contributed by atoms with Crippen molar-refractivity contribution >= 4 is 31.9 Å². The maximum atomic E-state index is 11.4. The number of carbonyl (C=O) groups excluding carboxylic acids is 2. The minimum atomic E-state index is -0.408. The minimum absolute atomic E-state index is 0.116. The average Bonchev–Trinajstić information content (AvgIpc) is 2.40. The summed E-state index contributed by atoms with van der Waals surface area (Å²) in [6.07, 6.45) is 2.63. The average molecular weight is 173 g/mol. The van der Waals surface area contributed by atoms with Crippen molar-refractivity contribution in [2.75, 3.05) is 0 Å². The molecule has 0 aromatic carbocycles. The molecule has 0 N–H and O–H groups in total. The Balaban J connectivity index is 2.61. The van der Waals surface area contributed by atoms with Crippen LogP contribution >= 0.6 is 0 Å². The molecule has 6 heteroatoms. The van der Waals surface area contributed by atoms with E-state index in [0.717, 1.165) is 4.81 Å². The molecule has 0 saturated heterocycles. The van der Waals surface area contributed by atoms with Gasteiger partial charge in [0.05, 0.1) is 11.8 Å². The van der Waals surface area contributed by atoms with Gasteiger partial charge in [-0.2, -0.15) is 4.99 Å². The van der Waals surface area contributed by atoms with Gasteiger partial charge in [0.2, 0.25) is 7.98 Å². The first kappa shape index (κ1) is 7.70. The predicted octanol–water partition coefficient (Wildman–Crippen LogP) is -1.57. The summed E-state index contributed by atoms with van der Waals surface area (Å²) in [4.78, 5) is 31.1. The number of rotatable bonds is 0. The number of aliphatic imine (C=N–C) groups is 2. The SMILES string of the molecule is BN1C(=O)C2=C(N=C=CN=C2)C1=O. The van der Waals surface area contributed by atoms with E-state index in [0.29, 0.717) is 0 Å². The summed E-state index contributed by atoms with van der Waals surface area (Å²) in [6, 6.07) is 0. The third-order valence-corrected chi connectivity index (χ3v) is 1.81. The first-order valence-electron chi connectivity index (χ1n) is 3.59. The maximum Gasteiger partial charge on any atom is 0.268 e. The number of nitrogens with zero attached hydrogens (tertiary/aromatic N) is 3. The van der Waals surface area contributed by atoms with Gasteiger partial charge in [-0.3, -0.25) is 14.6 Å². The number of amides is 2. The van der Waals surface area contributed by atoms with Crippen LogP contribution in [-0.4, -0.2) is 36.7 Å². The lowest BCUT2D eigenvalue weighted by molar-refractivity contribution is -0.131. The number of hydrogen-bond donors (Lipinski definition) is 0. The zero-order chi connectivity index (χ0) is 9.42. The van der Waals surface area contributed by atoms with E-state index >= 15 is 0 Å². The van der Waals surface area contributed by atoms with Gasteiger partial charge in [-0.25, -0.2) is 0 Å². The molecule has 0 radical (unpaired) electrons. The molecule has 0 bridgehead atoms. The molecule has 0 aromatic rings. The summed E-state index contributed by atoms with van der Waals surface area (Å²) in [6.45, 7) is 0. The van der Waals surface area contributed by atoms with E-state index in [1.54, 1.807) is 0 Å². The van der Waals surface area contributed by atoms with E-state index in [1.165, 1.54) is 20.4 Å². The van der Waals surface area contributed by atoms with E-state index in [2.05, 4.69) is 15.9 Å². The van der Waals surface area contributed by atoms with Crippen LogP contribution in [0.3, 0.4) is 0 Å². The van der Waals surface area contributed by atoms with Crippen molar-refractivity contribution in [2.24, 2.45) is 9.98 Å². The Morgan fingerprint density at radius 3 is 2.92 bits per heavy atom. The van der Waals surface area contributed by atoms with Crippen LogP contribution in [-0.2, 0) is 9.59 Å². The van der Waals surface area contributed by atoms with Crippen molar-refractivity contribution in [1.82, 2.24) is 4.81 Å². The van der Waals surface area contributed by atoms with Gasteiger partial charge in [0.25, 0.3) is 11.8 Å². The van der Waals surface area contributed by atoms with Gasteiger partial charge in [0, 0.05) is 12.1 Å². The second-order valence-corrected chi connectivity index (χ2v) is 2.58. The highest BCUT2D eigenvalue weighted by Gasteiger charge is 2.34. The van der Waals surface area contributed by atoms with Crippen LogP contribution in [0.4, 0.5) is 0 Å². The Morgan fingerprint density at radius 1 is 1.38 bits per heavy atom. The van der Waals surface area contributed by atoms with E-state index in [9.17, 15) is 9.59 Å². The van der Waals surface area contributed by atoms with E-state index in [1.807, 2.05) is 0 Å². The number of hydrogen-bond acceptors (Lipinski definition) is 4. The predicted molar refractivity (Wildman–Crippen MR) is 47.9 cm³/mol. The summed E-state index contributed by atoms with van der Waals surface area (Å²) >= 11 is 0. The van der Waals surface area contributed by atoms with Gasteiger partial charge in [0.1, 0.15) is 0 Å². The van der Waals surface area contributed by atoms with Gasteiger partial charge in [-0.15, -0.1) is 0 Å². The van der Waals surface area contributed by atoms with Crippen LogP contribution in [0.25, 0.3) is 0 Å². The van der Waals surface area contributed by atoms with Crippen LogP contribution in [0.2, 0.25) is 0 Å². The molecule has 13 heavy (non-hydrogen) atoms. The smallest absolute Gasteiger partial charge is 0.268 e. The third kappa shape index (κ3) is 0.964. The number of imide groups is 1. The highest BCUT2D eigenvalue weighted by Crippen LogP contribution is 2.18. The Kier molecular flexibility index (Phi) is 1.50. The van der Waals surface area contributed by atoms with E-state index in [-0.39, 0.29) is 17.2 Å². The topological polar surface area (TPSA) is 62.1 Å². The maximum absolute atomic E-state index is 11.4. The Hall–Kier alpha value is -1.94. The van der Waals surface area contributed by atoms with Crippen molar-refractivity contribution in [3.8, 4) is 0 Å². The largest absolute Gasteiger partial charge is 0.327 e. The molecule has 2 rings (SSSR count). The zero-order valence-electron chi connectivity index (χ0n) is 6.81. The van der Waals surface area contributed by atoms with Gasteiger partial charge in [-0.1, -0.05) is 0 Å². The highest BCUT2D eigenvalue weighted by molar-refractivity contribution is 6.39. The molecule has 0 aromatic heterocycles. The molecule has 2 heterocycles. The molecule has 0 saturated carbocycles. The van der Waals surface area contributed by atoms with Gasteiger partial charge in [-0.05, 0) is 0 Å². The van der Waals surface area contributed by atoms with Crippen molar-refractivity contribution < 1.29 is 9.59 Å². The fourth-order valence-electron chi connectivity index (χ4n) is 1.11. The minimum Gasteiger partial charge on any atom is -0.327 e. The molecular weight excluding hydrogens is 169 g/mol. The number of carbonyl (C=O) groups is 2. The second kappa shape index (κ2) is 2.53. The standard InChI is InChI=1S/C7H4BN3O2/c8-11-6(12)4-3-9-1-2-10-5(4)7(11)13/h1,3H,8H2. The normalized spacial score (nSPS) is 19.8. The Bertz CT molecular complexity index is 429. The van der Waals surface area contributed by atoms with E-state index < -0.39 is 5.91 Å². The van der Waals surface area contributed by atoms with Gasteiger partial charge < -0.3 is 4.81 Å². The zero-order valence-corrected chi connectivity index (χ0v) is 6.81. The lowest BCUT2D eigenvalue weighted by atomic mass is 10.2. The molecule has 2 aliphatic heterocycles. The van der Waals surface area contributed by atoms with Crippen molar-refractivity contribution in [3.63, 3.8) is 0 Å². The van der Waals surface area contributed by atoms with Crippen LogP contribution in [0.1, 0.15) is 0 Å². The molecule has 0 unspecified atom stereocenters. The molecule has 0 spiro atoms. The van der Waals surface area contributed by atoms with Crippen LogP contribution in [0.5, 0.6) is 0 Å². The quantitative estimate of drug-likeness (QED) is 0.328. The Morgan fingerprint density at radius 2 is 2.15 bits per heavy atom. The molecule has 2 amide bonds. The summed E-state index contributed by atoms with van der Waals surface area (Å²) in [5, 5.41) is 0. The molecular formula is C7H4BN3O2. The van der Waals surface area contributed by atoms with Crippen LogP contribution in [0, 0.1) is 0 Å². The van der Waals surface area contributed by atoms with Gasteiger partial charge in [0.15, 0.2) is 5.70 Å². The molecule has 0 atom stereocenters. The Labute approximate surface area is 74.6 Å². The fraction of sp³-hybridized carbons (Fsp3) is 0. The molecule has 62 valence electrons. The van der Waals surface area contributed by atoms with Crippen molar-refractivity contribution in [1.29, 1.82) is 0 Å². The lowest BCUT2D eigenvalue weighted by Gasteiger charge is -2.04. The summed E-state index contributed by atoms with van der Waals surface area (Å²) in [7, 11) is 1.41. The molecule has 5 nitrogen and oxygen atoms in total.